The average Bonchev–Trinajstić information content (AvgIpc) is 2.89. The van der Waals surface area contributed by atoms with E-state index in [1.165, 1.54) is 38.4 Å². The number of nitrogen functional groups attached to an aromatic ring is 1. The van der Waals surface area contributed by atoms with E-state index in [4.69, 9.17) is 10.6 Å². The molecule has 188 valence electrons. The van der Waals surface area contributed by atoms with Gasteiger partial charge in [0.1, 0.15) is 12.4 Å². The van der Waals surface area contributed by atoms with Crippen LogP contribution in [0.15, 0.2) is 47.9 Å². The lowest BCUT2D eigenvalue weighted by Gasteiger charge is -2.28. The number of likely N-dealkylation sites (tertiary alicyclic amines) is 1. The minimum atomic E-state index is -0.276. The molecule has 2 aliphatic rings. The van der Waals surface area contributed by atoms with Gasteiger partial charge in [0.05, 0.1) is 17.1 Å². The second-order valence-corrected chi connectivity index (χ2v) is 9.69. The number of hydrogen-bond donors (Lipinski definition) is 1. The van der Waals surface area contributed by atoms with E-state index < -0.39 is 0 Å². The quantitative estimate of drug-likeness (QED) is 0.376. The SMILES string of the molecule is Cc1nc(N)nc2c1/C(=N/OCCCN1CCCCC1)CC(c1ccc(F)cc1-c1cccnc1)C2. The van der Waals surface area contributed by atoms with Crippen molar-refractivity contribution in [2.75, 3.05) is 32.0 Å². The Morgan fingerprint density at radius 2 is 2.00 bits per heavy atom. The van der Waals surface area contributed by atoms with Gasteiger partial charge in [0.2, 0.25) is 5.95 Å². The normalized spacial score (nSPS) is 19.3. The Labute approximate surface area is 211 Å². The maximum absolute atomic E-state index is 14.3. The first-order valence-electron chi connectivity index (χ1n) is 12.8. The summed E-state index contributed by atoms with van der Waals surface area (Å²) in [5.41, 5.74) is 12.1. The molecule has 0 amide bonds. The highest BCUT2D eigenvalue weighted by Gasteiger charge is 2.30. The fraction of sp³-hybridized carbons (Fsp3) is 0.429. The average molecular weight is 489 g/mol. The van der Waals surface area contributed by atoms with Crippen molar-refractivity contribution in [2.45, 2.75) is 51.4 Å². The van der Waals surface area contributed by atoms with E-state index in [0.717, 1.165) is 52.3 Å². The highest BCUT2D eigenvalue weighted by molar-refractivity contribution is 6.03. The van der Waals surface area contributed by atoms with E-state index in [9.17, 15) is 4.39 Å². The molecule has 1 aliphatic heterocycles. The van der Waals surface area contributed by atoms with Crippen molar-refractivity contribution in [1.82, 2.24) is 19.9 Å². The number of piperidine rings is 1. The fourth-order valence-electron chi connectivity index (χ4n) is 5.44. The van der Waals surface area contributed by atoms with Crippen LogP contribution in [0.5, 0.6) is 0 Å². The molecule has 1 saturated heterocycles. The van der Waals surface area contributed by atoms with Gasteiger partial charge in [-0.1, -0.05) is 23.7 Å². The predicted octanol–water partition coefficient (Wildman–Crippen LogP) is 4.90. The Morgan fingerprint density at radius 1 is 1.14 bits per heavy atom. The molecular weight excluding hydrogens is 455 g/mol. The highest BCUT2D eigenvalue weighted by atomic mass is 19.1. The molecule has 2 N–H and O–H groups in total. The van der Waals surface area contributed by atoms with Gasteiger partial charge in [0.15, 0.2) is 0 Å². The van der Waals surface area contributed by atoms with Crippen molar-refractivity contribution < 1.29 is 9.23 Å². The summed E-state index contributed by atoms with van der Waals surface area (Å²) in [5, 5.41) is 4.58. The number of nitrogens with zero attached hydrogens (tertiary/aromatic N) is 5. The van der Waals surface area contributed by atoms with E-state index in [0.29, 0.717) is 19.4 Å². The van der Waals surface area contributed by atoms with Gasteiger partial charge >= 0.3 is 0 Å². The molecule has 1 unspecified atom stereocenters. The van der Waals surface area contributed by atoms with Crippen LogP contribution in [-0.2, 0) is 11.3 Å². The number of aromatic nitrogens is 3. The zero-order valence-electron chi connectivity index (χ0n) is 20.8. The predicted molar refractivity (Wildman–Crippen MR) is 139 cm³/mol. The first kappa shape index (κ1) is 24.3. The van der Waals surface area contributed by atoms with E-state index in [1.54, 1.807) is 18.5 Å². The maximum atomic E-state index is 14.3. The Kier molecular flexibility index (Phi) is 7.51. The Bertz CT molecular complexity index is 1230. The molecular formula is C28H33FN6O. The van der Waals surface area contributed by atoms with Gasteiger partial charge in [-0.3, -0.25) is 4.98 Å². The zero-order valence-corrected chi connectivity index (χ0v) is 20.8. The number of hydrogen-bond acceptors (Lipinski definition) is 7. The summed E-state index contributed by atoms with van der Waals surface area (Å²) in [6.45, 7) is 5.89. The Morgan fingerprint density at radius 3 is 2.81 bits per heavy atom. The third-order valence-electron chi connectivity index (χ3n) is 7.11. The number of aryl methyl sites for hydroxylation is 1. The highest BCUT2D eigenvalue weighted by Crippen LogP contribution is 2.38. The van der Waals surface area contributed by atoms with Gasteiger partial charge in [-0.05, 0) is 80.9 Å². The number of fused-ring (bicyclic) bond motifs is 1. The molecule has 1 aromatic carbocycles. The van der Waals surface area contributed by atoms with Crippen LogP contribution < -0.4 is 5.73 Å². The summed E-state index contributed by atoms with van der Waals surface area (Å²) in [6, 6.07) is 8.77. The smallest absolute Gasteiger partial charge is 0.220 e. The standard InChI is InChI=1S/C28H33FN6O/c1-19-27-25(33-28(30)32-19)15-21(16-26(27)34-36-14-6-13-35-11-3-2-4-12-35)23-9-8-22(29)17-24(23)20-7-5-10-31-18-20/h5,7-10,17-18,21H,2-4,6,11-16H2,1H3,(H2,30,32,33)/b34-26+. The largest absolute Gasteiger partial charge is 0.396 e. The monoisotopic (exact) mass is 488 g/mol. The van der Waals surface area contributed by atoms with Crippen LogP contribution in [0.25, 0.3) is 11.1 Å². The summed E-state index contributed by atoms with van der Waals surface area (Å²) in [5.74, 6) is 0.0140. The lowest BCUT2D eigenvalue weighted by molar-refractivity contribution is 0.124. The van der Waals surface area contributed by atoms with Gasteiger partial charge in [-0.25, -0.2) is 14.4 Å². The minimum Gasteiger partial charge on any atom is -0.396 e. The molecule has 1 atom stereocenters. The number of anilines is 1. The Hall–Kier alpha value is -3.39. The minimum absolute atomic E-state index is 0.0395. The summed E-state index contributed by atoms with van der Waals surface area (Å²) in [4.78, 5) is 21.5. The lowest BCUT2D eigenvalue weighted by Crippen LogP contribution is -2.31. The number of oxime groups is 1. The molecule has 5 rings (SSSR count). The van der Waals surface area contributed by atoms with Crippen molar-refractivity contribution in [2.24, 2.45) is 5.16 Å². The van der Waals surface area contributed by atoms with Crippen molar-refractivity contribution >= 4 is 11.7 Å². The second-order valence-electron chi connectivity index (χ2n) is 9.69. The molecule has 0 radical (unpaired) electrons. The third-order valence-corrected chi connectivity index (χ3v) is 7.11. The topological polar surface area (TPSA) is 89.5 Å². The lowest BCUT2D eigenvalue weighted by atomic mass is 9.78. The molecule has 0 bridgehead atoms. The summed E-state index contributed by atoms with van der Waals surface area (Å²) in [7, 11) is 0. The number of pyridine rings is 1. The zero-order chi connectivity index (χ0) is 24.9. The van der Waals surface area contributed by atoms with Crippen molar-refractivity contribution in [3.05, 3.63) is 71.1 Å². The van der Waals surface area contributed by atoms with E-state index in [-0.39, 0.29) is 17.7 Å². The molecule has 0 saturated carbocycles. The Balaban J connectivity index is 1.40. The summed E-state index contributed by atoms with van der Waals surface area (Å²) in [6.07, 6.45) is 9.64. The molecule has 3 aromatic rings. The van der Waals surface area contributed by atoms with Gasteiger partial charge in [0.25, 0.3) is 0 Å². The number of halogens is 1. The molecule has 8 heteroatoms. The van der Waals surface area contributed by atoms with Crippen molar-refractivity contribution in [3.63, 3.8) is 0 Å². The van der Waals surface area contributed by atoms with Crippen LogP contribution in [0.4, 0.5) is 10.3 Å². The number of nitrogens with two attached hydrogens (primary N) is 1. The summed E-state index contributed by atoms with van der Waals surface area (Å²) >= 11 is 0. The van der Waals surface area contributed by atoms with E-state index in [1.807, 2.05) is 25.1 Å². The van der Waals surface area contributed by atoms with Crippen LogP contribution in [0, 0.1) is 12.7 Å². The first-order valence-corrected chi connectivity index (χ1v) is 12.8. The van der Waals surface area contributed by atoms with Crippen LogP contribution >= 0.6 is 0 Å². The molecule has 3 heterocycles. The second kappa shape index (κ2) is 11.1. The van der Waals surface area contributed by atoms with E-state index >= 15 is 0 Å². The van der Waals surface area contributed by atoms with Gasteiger partial charge in [0, 0.05) is 36.5 Å². The molecule has 1 aliphatic carbocycles. The fourth-order valence-corrected chi connectivity index (χ4v) is 5.44. The van der Waals surface area contributed by atoms with Crippen LogP contribution in [-0.4, -0.2) is 51.8 Å². The van der Waals surface area contributed by atoms with Crippen LogP contribution in [0.2, 0.25) is 0 Å². The molecule has 1 fully saturated rings. The number of benzene rings is 1. The van der Waals surface area contributed by atoms with Crippen LogP contribution in [0.1, 0.15) is 60.5 Å². The number of rotatable bonds is 7. The van der Waals surface area contributed by atoms with Gasteiger partial charge < -0.3 is 15.5 Å². The summed E-state index contributed by atoms with van der Waals surface area (Å²) < 4.78 is 14.3. The van der Waals surface area contributed by atoms with Crippen molar-refractivity contribution in [3.8, 4) is 11.1 Å². The molecule has 2 aromatic heterocycles. The van der Waals surface area contributed by atoms with Crippen LogP contribution in [0.3, 0.4) is 0 Å². The van der Waals surface area contributed by atoms with Gasteiger partial charge in [-0.15, -0.1) is 0 Å². The van der Waals surface area contributed by atoms with Gasteiger partial charge in [-0.2, -0.15) is 0 Å². The van der Waals surface area contributed by atoms with Crippen molar-refractivity contribution in [1.29, 1.82) is 0 Å². The third kappa shape index (κ3) is 5.54. The first-order chi connectivity index (χ1) is 17.6. The molecule has 36 heavy (non-hydrogen) atoms. The van der Waals surface area contributed by atoms with E-state index in [2.05, 4.69) is 25.0 Å². The molecule has 7 nitrogen and oxygen atoms in total. The maximum Gasteiger partial charge on any atom is 0.220 e. The molecule has 0 spiro atoms.